The van der Waals surface area contributed by atoms with E-state index < -0.39 is 0 Å². The number of nitrogens with one attached hydrogen (secondary N) is 1. The van der Waals surface area contributed by atoms with Crippen LogP contribution in [0.2, 0.25) is 0 Å². The predicted octanol–water partition coefficient (Wildman–Crippen LogP) is 4.74. The van der Waals surface area contributed by atoms with Crippen LogP contribution in [0.3, 0.4) is 0 Å². The van der Waals surface area contributed by atoms with Crippen LogP contribution in [0, 0.1) is 5.82 Å². The lowest BCUT2D eigenvalue weighted by Gasteiger charge is -2.35. The molecular weight excluding hydrogens is 369 g/mol. The molecule has 0 bridgehead atoms. The topological polar surface area (TPSA) is 12.0 Å². The maximum absolute atomic E-state index is 14.1. The Morgan fingerprint density at radius 1 is 1.38 bits per heavy atom. The van der Waals surface area contributed by atoms with Crippen molar-refractivity contribution in [1.29, 1.82) is 0 Å². The molecule has 1 aromatic rings. The first-order valence-corrected chi connectivity index (χ1v) is 10.4. The van der Waals surface area contributed by atoms with E-state index in [1.54, 1.807) is 12.1 Å². The molecule has 3 unspecified atom stereocenters. The molecule has 21 heavy (non-hydrogen) atoms. The molecular formula is C16H23BrFNS2. The summed E-state index contributed by atoms with van der Waals surface area (Å²) in [7, 11) is 0. The van der Waals surface area contributed by atoms with Gasteiger partial charge in [-0.25, -0.2) is 4.39 Å². The summed E-state index contributed by atoms with van der Waals surface area (Å²) in [5.41, 5.74) is 0.807. The SMILES string of the molecule is CCCNC(Cc1cc(Br)ccc1F)C1SCCSC1C. The Morgan fingerprint density at radius 3 is 2.86 bits per heavy atom. The van der Waals surface area contributed by atoms with E-state index in [9.17, 15) is 4.39 Å². The Morgan fingerprint density at radius 2 is 2.14 bits per heavy atom. The molecule has 5 heteroatoms. The summed E-state index contributed by atoms with van der Waals surface area (Å²) in [4.78, 5) is 0. The zero-order valence-electron chi connectivity index (χ0n) is 12.6. The first-order chi connectivity index (χ1) is 10.1. The van der Waals surface area contributed by atoms with Gasteiger partial charge in [0.15, 0.2) is 0 Å². The van der Waals surface area contributed by atoms with E-state index in [1.807, 2.05) is 29.6 Å². The number of thioether (sulfide) groups is 2. The molecule has 1 nitrogen and oxygen atoms in total. The standard InChI is InChI=1S/C16H23BrFNS2/c1-3-6-19-15(16-11(2)20-7-8-21-16)10-12-9-13(17)4-5-14(12)18/h4-5,9,11,15-16,19H,3,6-8,10H2,1-2H3. The first kappa shape index (κ1) is 17.6. The quantitative estimate of drug-likeness (QED) is 0.751. The fraction of sp³-hybridized carbons (Fsp3) is 0.625. The van der Waals surface area contributed by atoms with Crippen LogP contribution in [0.5, 0.6) is 0 Å². The van der Waals surface area contributed by atoms with Gasteiger partial charge in [-0.3, -0.25) is 0 Å². The summed E-state index contributed by atoms with van der Waals surface area (Å²) in [5, 5.41) is 4.82. The highest BCUT2D eigenvalue weighted by atomic mass is 79.9. The lowest BCUT2D eigenvalue weighted by Crippen LogP contribution is -2.46. The van der Waals surface area contributed by atoms with Crippen molar-refractivity contribution in [2.75, 3.05) is 18.1 Å². The van der Waals surface area contributed by atoms with Crippen LogP contribution in [0.4, 0.5) is 4.39 Å². The average molecular weight is 392 g/mol. The monoisotopic (exact) mass is 391 g/mol. The van der Waals surface area contributed by atoms with Crippen LogP contribution in [0.25, 0.3) is 0 Å². The van der Waals surface area contributed by atoms with E-state index in [2.05, 4.69) is 35.1 Å². The molecule has 1 aliphatic heterocycles. The van der Waals surface area contributed by atoms with E-state index in [0.717, 1.165) is 29.4 Å². The fourth-order valence-electron chi connectivity index (χ4n) is 2.66. The molecule has 118 valence electrons. The van der Waals surface area contributed by atoms with Gasteiger partial charge in [0.05, 0.1) is 0 Å². The van der Waals surface area contributed by atoms with Crippen LogP contribution >= 0.6 is 39.5 Å². The minimum atomic E-state index is -0.0948. The number of rotatable bonds is 6. The Bertz CT molecular complexity index is 458. The molecule has 1 aromatic carbocycles. The minimum Gasteiger partial charge on any atom is -0.313 e. The summed E-state index contributed by atoms with van der Waals surface area (Å²) in [6.45, 7) is 5.48. The molecule has 2 rings (SSSR count). The van der Waals surface area contributed by atoms with Crippen molar-refractivity contribution in [3.8, 4) is 0 Å². The van der Waals surface area contributed by atoms with Gasteiger partial charge in [0.2, 0.25) is 0 Å². The van der Waals surface area contributed by atoms with Crippen molar-refractivity contribution in [3.05, 3.63) is 34.1 Å². The van der Waals surface area contributed by atoms with Crippen LogP contribution in [-0.4, -0.2) is 34.6 Å². The van der Waals surface area contributed by atoms with Gasteiger partial charge in [0.25, 0.3) is 0 Å². The van der Waals surface area contributed by atoms with Gasteiger partial charge in [-0.2, -0.15) is 23.5 Å². The van der Waals surface area contributed by atoms with Crippen molar-refractivity contribution >= 4 is 39.5 Å². The van der Waals surface area contributed by atoms with Crippen LogP contribution in [0.15, 0.2) is 22.7 Å². The molecule has 0 aromatic heterocycles. The van der Waals surface area contributed by atoms with E-state index >= 15 is 0 Å². The van der Waals surface area contributed by atoms with Crippen LogP contribution in [0.1, 0.15) is 25.8 Å². The highest BCUT2D eigenvalue weighted by Crippen LogP contribution is 2.34. The van der Waals surface area contributed by atoms with Gasteiger partial charge >= 0.3 is 0 Å². The smallest absolute Gasteiger partial charge is 0.126 e. The van der Waals surface area contributed by atoms with Crippen LogP contribution < -0.4 is 5.32 Å². The normalized spacial score (nSPS) is 24.0. The molecule has 1 saturated heterocycles. The van der Waals surface area contributed by atoms with Crippen molar-refractivity contribution in [1.82, 2.24) is 5.32 Å². The maximum atomic E-state index is 14.1. The van der Waals surface area contributed by atoms with Gasteiger partial charge in [0.1, 0.15) is 5.82 Å². The molecule has 1 fully saturated rings. The third-order valence-electron chi connectivity index (χ3n) is 3.74. The maximum Gasteiger partial charge on any atom is 0.126 e. The lowest BCUT2D eigenvalue weighted by molar-refractivity contribution is 0.476. The van der Waals surface area contributed by atoms with E-state index in [-0.39, 0.29) is 5.82 Å². The molecule has 1 aliphatic rings. The highest BCUT2D eigenvalue weighted by molar-refractivity contribution is 9.10. The average Bonchev–Trinajstić information content (AvgIpc) is 2.48. The zero-order chi connectivity index (χ0) is 15.2. The molecule has 0 radical (unpaired) electrons. The molecule has 3 atom stereocenters. The Labute approximate surface area is 144 Å². The van der Waals surface area contributed by atoms with Crippen molar-refractivity contribution < 1.29 is 4.39 Å². The molecule has 0 amide bonds. The summed E-state index contributed by atoms with van der Waals surface area (Å²) >= 11 is 7.53. The van der Waals surface area contributed by atoms with E-state index in [1.165, 1.54) is 11.5 Å². The summed E-state index contributed by atoms with van der Waals surface area (Å²) < 4.78 is 15.0. The molecule has 0 saturated carbocycles. The predicted molar refractivity (Wildman–Crippen MR) is 98.1 cm³/mol. The van der Waals surface area contributed by atoms with Gasteiger partial charge < -0.3 is 5.32 Å². The third kappa shape index (κ3) is 5.15. The van der Waals surface area contributed by atoms with Crippen molar-refractivity contribution in [3.63, 3.8) is 0 Å². The Hall–Kier alpha value is 0.290. The van der Waals surface area contributed by atoms with Crippen molar-refractivity contribution in [2.24, 2.45) is 0 Å². The second-order valence-electron chi connectivity index (χ2n) is 5.41. The Kier molecular flexibility index (Phi) is 7.39. The third-order valence-corrected chi connectivity index (χ3v) is 7.48. The van der Waals surface area contributed by atoms with Crippen LogP contribution in [-0.2, 0) is 6.42 Å². The minimum absolute atomic E-state index is 0.0948. The number of benzene rings is 1. The van der Waals surface area contributed by atoms with Gasteiger partial charge in [-0.15, -0.1) is 0 Å². The largest absolute Gasteiger partial charge is 0.313 e. The Balaban J connectivity index is 2.13. The molecule has 0 aliphatic carbocycles. The number of hydrogen-bond acceptors (Lipinski definition) is 3. The summed E-state index contributed by atoms with van der Waals surface area (Å²) in [5.74, 6) is 2.33. The molecule has 1 N–H and O–H groups in total. The van der Waals surface area contributed by atoms with E-state index in [0.29, 0.717) is 16.5 Å². The first-order valence-electron chi connectivity index (χ1n) is 7.52. The van der Waals surface area contributed by atoms with Gasteiger partial charge in [-0.1, -0.05) is 29.8 Å². The molecule has 0 spiro atoms. The second-order valence-corrected chi connectivity index (χ2v) is 9.10. The lowest BCUT2D eigenvalue weighted by atomic mass is 10.0. The fourth-order valence-corrected chi connectivity index (χ4v) is 6.03. The zero-order valence-corrected chi connectivity index (χ0v) is 15.8. The molecule has 1 heterocycles. The highest BCUT2D eigenvalue weighted by Gasteiger charge is 2.30. The van der Waals surface area contributed by atoms with E-state index in [4.69, 9.17) is 0 Å². The van der Waals surface area contributed by atoms with Gasteiger partial charge in [-0.05, 0) is 43.1 Å². The summed E-state index contributed by atoms with van der Waals surface area (Å²) in [6.07, 6.45) is 1.87. The van der Waals surface area contributed by atoms with Crippen molar-refractivity contribution in [2.45, 2.75) is 43.2 Å². The second kappa shape index (κ2) is 8.80. The number of hydrogen-bond donors (Lipinski definition) is 1. The number of halogens is 2. The van der Waals surface area contributed by atoms with Gasteiger partial charge in [0, 0.05) is 32.5 Å². The summed E-state index contributed by atoms with van der Waals surface area (Å²) in [6, 6.07) is 5.58.